The van der Waals surface area contributed by atoms with Crippen LogP contribution in [0.5, 0.6) is 0 Å². The van der Waals surface area contributed by atoms with Crippen LogP contribution in [0.4, 0.5) is 0 Å². The summed E-state index contributed by atoms with van der Waals surface area (Å²) in [5.74, 6) is 0.146. The summed E-state index contributed by atoms with van der Waals surface area (Å²) >= 11 is 3.57. The van der Waals surface area contributed by atoms with Crippen molar-refractivity contribution in [3.63, 3.8) is 0 Å². The van der Waals surface area contributed by atoms with Gasteiger partial charge in [-0.25, -0.2) is 0 Å². The first-order chi connectivity index (χ1) is 10.1. The van der Waals surface area contributed by atoms with Crippen molar-refractivity contribution < 1.29 is 4.79 Å². The van der Waals surface area contributed by atoms with Gasteiger partial charge in [0.1, 0.15) is 0 Å². The van der Waals surface area contributed by atoms with E-state index in [1.807, 2.05) is 30.0 Å². The number of carbonyl (C=O) groups is 1. The van der Waals surface area contributed by atoms with Gasteiger partial charge in [0.2, 0.25) is 0 Å². The number of hydrogen-bond acceptors (Lipinski definition) is 2. The molecule has 0 spiro atoms. The van der Waals surface area contributed by atoms with Crippen molar-refractivity contribution in [1.82, 2.24) is 10.2 Å². The zero-order valence-electron chi connectivity index (χ0n) is 13.0. The minimum Gasteiger partial charge on any atom is -0.337 e. The van der Waals surface area contributed by atoms with Crippen LogP contribution in [0.15, 0.2) is 22.7 Å². The molecule has 1 N–H and O–H groups in total. The minimum absolute atomic E-state index is 0.146. The van der Waals surface area contributed by atoms with E-state index in [1.54, 1.807) is 0 Å². The Labute approximate surface area is 136 Å². The number of rotatable bonds is 6. The van der Waals surface area contributed by atoms with Gasteiger partial charge in [0.15, 0.2) is 0 Å². The van der Waals surface area contributed by atoms with Gasteiger partial charge in [0.05, 0.1) is 5.56 Å². The molecular weight excluding hydrogens is 328 g/mol. The van der Waals surface area contributed by atoms with Crippen molar-refractivity contribution in [2.75, 3.05) is 19.6 Å². The third-order valence-electron chi connectivity index (χ3n) is 4.09. The van der Waals surface area contributed by atoms with Gasteiger partial charge < -0.3 is 10.2 Å². The van der Waals surface area contributed by atoms with Gasteiger partial charge in [0.25, 0.3) is 5.91 Å². The Morgan fingerprint density at radius 2 is 2.29 bits per heavy atom. The van der Waals surface area contributed by atoms with Crippen molar-refractivity contribution in [1.29, 1.82) is 0 Å². The standard InChI is InChI=1S/C17H25BrN2O/c1-3-4-11-20(12-14-8-6-10-19-14)17(21)15-9-5-7-13(2)16(15)18/h5,7,9,14,19H,3-4,6,8,10-12H2,1-2H3. The van der Waals surface area contributed by atoms with Crippen molar-refractivity contribution in [2.45, 2.75) is 45.6 Å². The van der Waals surface area contributed by atoms with Crippen LogP contribution in [-0.2, 0) is 0 Å². The maximum atomic E-state index is 12.9. The molecule has 1 aromatic rings. The summed E-state index contributed by atoms with van der Waals surface area (Å²) in [4.78, 5) is 14.9. The predicted octanol–water partition coefficient (Wildman–Crippen LogP) is 3.75. The molecule has 1 aliphatic rings. The van der Waals surface area contributed by atoms with E-state index < -0.39 is 0 Å². The Morgan fingerprint density at radius 1 is 1.48 bits per heavy atom. The first-order valence-electron chi connectivity index (χ1n) is 7.91. The number of carbonyl (C=O) groups excluding carboxylic acids is 1. The number of aryl methyl sites for hydroxylation is 1. The van der Waals surface area contributed by atoms with E-state index in [9.17, 15) is 4.79 Å². The van der Waals surface area contributed by atoms with E-state index in [-0.39, 0.29) is 5.91 Å². The highest BCUT2D eigenvalue weighted by Crippen LogP contribution is 2.23. The van der Waals surface area contributed by atoms with Gasteiger partial charge in [-0.15, -0.1) is 0 Å². The summed E-state index contributed by atoms with van der Waals surface area (Å²) in [5.41, 5.74) is 1.89. The average molecular weight is 353 g/mol. The first-order valence-corrected chi connectivity index (χ1v) is 8.70. The van der Waals surface area contributed by atoms with Gasteiger partial charge in [-0.3, -0.25) is 4.79 Å². The van der Waals surface area contributed by atoms with Crippen LogP contribution in [0.2, 0.25) is 0 Å². The van der Waals surface area contributed by atoms with E-state index in [0.29, 0.717) is 6.04 Å². The van der Waals surface area contributed by atoms with Crippen molar-refractivity contribution in [3.05, 3.63) is 33.8 Å². The summed E-state index contributed by atoms with van der Waals surface area (Å²) in [6.45, 7) is 6.93. The first kappa shape index (κ1) is 16.5. The molecule has 1 atom stereocenters. The van der Waals surface area contributed by atoms with Gasteiger partial charge in [-0.1, -0.05) is 25.5 Å². The highest BCUT2D eigenvalue weighted by Gasteiger charge is 2.23. The maximum Gasteiger partial charge on any atom is 0.255 e. The largest absolute Gasteiger partial charge is 0.337 e. The zero-order valence-corrected chi connectivity index (χ0v) is 14.6. The van der Waals surface area contributed by atoms with E-state index >= 15 is 0 Å². The highest BCUT2D eigenvalue weighted by molar-refractivity contribution is 9.10. The summed E-state index contributed by atoms with van der Waals surface area (Å²) in [7, 11) is 0. The molecule has 1 aliphatic heterocycles. The van der Waals surface area contributed by atoms with Crippen LogP contribution < -0.4 is 5.32 Å². The van der Waals surface area contributed by atoms with Crippen molar-refractivity contribution >= 4 is 21.8 Å². The SMILES string of the molecule is CCCCN(CC1CCCN1)C(=O)c1cccc(C)c1Br. The van der Waals surface area contributed by atoms with Gasteiger partial charge in [0, 0.05) is 23.6 Å². The quantitative estimate of drug-likeness (QED) is 0.845. The fourth-order valence-corrected chi connectivity index (χ4v) is 3.22. The lowest BCUT2D eigenvalue weighted by Crippen LogP contribution is -2.41. The smallest absolute Gasteiger partial charge is 0.255 e. The van der Waals surface area contributed by atoms with Gasteiger partial charge in [-0.05, 0) is 60.3 Å². The summed E-state index contributed by atoms with van der Waals surface area (Å²) in [5, 5.41) is 3.49. The normalized spacial score (nSPS) is 18.0. The Balaban J connectivity index is 2.13. The number of benzene rings is 1. The third-order valence-corrected chi connectivity index (χ3v) is 5.15. The number of unbranched alkanes of at least 4 members (excludes halogenated alkanes) is 1. The summed E-state index contributed by atoms with van der Waals surface area (Å²) in [6, 6.07) is 6.35. The molecule has 1 saturated heterocycles. The van der Waals surface area contributed by atoms with Crippen LogP contribution in [0.3, 0.4) is 0 Å². The second kappa shape index (κ2) is 7.95. The van der Waals surface area contributed by atoms with Crippen LogP contribution in [0, 0.1) is 6.92 Å². The van der Waals surface area contributed by atoms with Crippen LogP contribution in [-0.4, -0.2) is 36.5 Å². The van der Waals surface area contributed by atoms with Crippen LogP contribution in [0.1, 0.15) is 48.5 Å². The number of amides is 1. The average Bonchev–Trinajstić information content (AvgIpc) is 2.98. The number of nitrogens with zero attached hydrogens (tertiary/aromatic N) is 1. The minimum atomic E-state index is 0.146. The number of nitrogens with one attached hydrogen (secondary N) is 1. The molecule has 1 aromatic carbocycles. The molecule has 0 bridgehead atoms. The van der Waals surface area contributed by atoms with Gasteiger partial charge >= 0.3 is 0 Å². The Kier molecular flexibility index (Phi) is 6.24. The Hall–Kier alpha value is -0.870. The molecule has 116 valence electrons. The van der Waals surface area contributed by atoms with Crippen LogP contribution in [0.25, 0.3) is 0 Å². The van der Waals surface area contributed by atoms with E-state index in [0.717, 1.165) is 48.1 Å². The molecule has 1 heterocycles. The van der Waals surface area contributed by atoms with Crippen molar-refractivity contribution in [3.8, 4) is 0 Å². The Bertz CT molecular complexity index is 484. The molecule has 1 fully saturated rings. The lowest BCUT2D eigenvalue weighted by atomic mass is 10.1. The zero-order chi connectivity index (χ0) is 15.2. The highest BCUT2D eigenvalue weighted by atomic mass is 79.9. The molecule has 0 aliphatic carbocycles. The molecule has 1 amide bonds. The topological polar surface area (TPSA) is 32.3 Å². The molecule has 4 heteroatoms. The molecule has 0 saturated carbocycles. The Morgan fingerprint density at radius 3 is 2.95 bits per heavy atom. The second-order valence-corrected chi connectivity index (χ2v) is 6.63. The third kappa shape index (κ3) is 4.30. The van der Waals surface area contributed by atoms with E-state index in [4.69, 9.17) is 0 Å². The molecule has 0 radical (unpaired) electrons. The lowest BCUT2D eigenvalue weighted by Gasteiger charge is -2.26. The number of halogens is 1. The monoisotopic (exact) mass is 352 g/mol. The van der Waals surface area contributed by atoms with E-state index in [1.165, 1.54) is 12.8 Å². The predicted molar refractivity (Wildman–Crippen MR) is 90.7 cm³/mol. The fraction of sp³-hybridized carbons (Fsp3) is 0.588. The van der Waals surface area contributed by atoms with E-state index in [2.05, 4.69) is 28.2 Å². The van der Waals surface area contributed by atoms with Gasteiger partial charge in [-0.2, -0.15) is 0 Å². The molecule has 2 rings (SSSR count). The summed E-state index contributed by atoms with van der Waals surface area (Å²) < 4.78 is 0.927. The molecular formula is C17H25BrN2O. The molecule has 0 aromatic heterocycles. The number of hydrogen-bond donors (Lipinski definition) is 1. The second-order valence-electron chi connectivity index (χ2n) is 5.83. The van der Waals surface area contributed by atoms with Crippen LogP contribution >= 0.6 is 15.9 Å². The lowest BCUT2D eigenvalue weighted by molar-refractivity contribution is 0.0738. The maximum absolute atomic E-state index is 12.9. The summed E-state index contributed by atoms with van der Waals surface area (Å²) in [6.07, 6.45) is 4.55. The molecule has 21 heavy (non-hydrogen) atoms. The fourth-order valence-electron chi connectivity index (χ4n) is 2.79. The van der Waals surface area contributed by atoms with Crippen molar-refractivity contribution in [2.24, 2.45) is 0 Å². The molecule has 1 unspecified atom stereocenters. The molecule has 3 nitrogen and oxygen atoms in total.